The van der Waals surface area contributed by atoms with Crippen LogP contribution in [0, 0.1) is 5.82 Å². The first-order valence-electron chi connectivity index (χ1n) is 6.19. The van der Waals surface area contributed by atoms with Gasteiger partial charge in [0.25, 0.3) is 0 Å². The molecule has 0 fully saturated rings. The number of H-pyrrole nitrogens is 1. The minimum Gasteiger partial charge on any atom is -0.341 e. The Bertz CT molecular complexity index is 741. The molecule has 3 aromatic rings. The first-order valence-corrected chi connectivity index (χ1v) is 7.07. The number of halogens is 1. The fourth-order valence-electron chi connectivity index (χ4n) is 2.49. The van der Waals surface area contributed by atoms with Gasteiger partial charge in [0.1, 0.15) is 11.6 Å². The van der Waals surface area contributed by atoms with Gasteiger partial charge in [-0.1, -0.05) is 18.2 Å². The Balaban J connectivity index is 1.73. The minimum atomic E-state index is -0.231. The molecule has 0 radical (unpaired) electrons. The number of hydrogen-bond acceptors (Lipinski definition) is 2. The van der Waals surface area contributed by atoms with E-state index in [1.807, 2.05) is 11.8 Å². The van der Waals surface area contributed by atoms with E-state index in [0.29, 0.717) is 5.25 Å². The van der Waals surface area contributed by atoms with Crippen molar-refractivity contribution in [3.05, 3.63) is 59.7 Å². The van der Waals surface area contributed by atoms with Crippen molar-refractivity contribution >= 4 is 22.8 Å². The van der Waals surface area contributed by atoms with Crippen molar-refractivity contribution in [1.82, 2.24) is 9.97 Å². The maximum atomic E-state index is 13.2. The molecule has 4 heteroatoms. The molecule has 0 amide bonds. The average Bonchev–Trinajstić information content (AvgIpc) is 3.00. The quantitative estimate of drug-likeness (QED) is 0.721. The maximum Gasteiger partial charge on any atom is 0.125 e. The highest BCUT2D eigenvalue weighted by atomic mass is 32.2. The Morgan fingerprint density at radius 1 is 1.21 bits per heavy atom. The third-order valence-electron chi connectivity index (χ3n) is 3.41. The number of rotatable bonds is 1. The van der Waals surface area contributed by atoms with Gasteiger partial charge in [-0.15, -0.1) is 11.8 Å². The number of aromatic amines is 1. The standard InChI is InChI=1S/C15H11FN2S/c16-10-5-6-11-12(8-10)18-15(17-11)14-7-9-3-1-2-4-13(9)19-14/h1-6,8,14H,7H2,(H,17,18). The molecule has 1 unspecified atom stereocenters. The second-order valence-electron chi connectivity index (χ2n) is 4.70. The predicted molar refractivity (Wildman–Crippen MR) is 74.8 cm³/mol. The third kappa shape index (κ3) is 1.83. The topological polar surface area (TPSA) is 28.7 Å². The van der Waals surface area contributed by atoms with Gasteiger partial charge >= 0.3 is 0 Å². The molecule has 2 heterocycles. The Labute approximate surface area is 114 Å². The van der Waals surface area contributed by atoms with Gasteiger partial charge in [0, 0.05) is 4.90 Å². The van der Waals surface area contributed by atoms with Gasteiger partial charge in [-0.2, -0.15) is 0 Å². The summed E-state index contributed by atoms with van der Waals surface area (Å²) in [7, 11) is 0. The molecule has 2 aromatic carbocycles. The molecule has 1 atom stereocenters. The molecule has 19 heavy (non-hydrogen) atoms. The predicted octanol–water partition coefficient (Wildman–Crippen LogP) is 4.09. The van der Waals surface area contributed by atoms with Crippen molar-refractivity contribution in [1.29, 1.82) is 0 Å². The molecule has 0 bridgehead atoms. The smallest absolute Gasteiger partial charge is 0.125 e. The van der Waals surface area contributed by atoms with Gasteiger partial charge in [0.15, 0.2) is 0 Å². The molecule has 1 aliphatic rings. The Morgan fingerprint density at radius 3 is 3.00 bits per heavy atom. The summed E-state index contributed by atoms with van der Waals surface area (Å²) in [6.45, 7) is 0. The van der Waals surface area contributed by atoms with E-state index in [2.05, 4.69) is 34.2 Å². The number of nitrogens with zero attached hydrogens (tertiary/aromatic N) is 1. The zero-order valence-corrected chi connectivity index (χ0v) is 10.9. The number of fused-ring (bicyclic) bond motifs is 2. The highest BCUT2D eigenvalue weighted by Crippen LogP contribution is 2.45. The molecule has 94 valence electrons. The highest BCUT2D eigenvalue weighted by Gasteiger charge is 2.25. The van der Waals surface area contributed by atoms with Crippen molar-refractivity contribution in [2.45, 2.75) is 16.6 Å². The molecule has 0 saturated heterocycles. The van der Waals surface area contributed by atoms with E-state index in [0.717, 1.165) is 23.3 Å². The van der Waals surface area contributed by atoms with E-state index in [-0.39, 0.29) is 5.82 Å². The summed E-state index contributed by atoms with van der Waals surface area (Å²) in [4.78, 5) is 9.14. The van der Waals surface area contributed by atoms with Crippen molar-refractivity contribution in [2.75, 3.05) is 0 Å². The molecule has 0 aliphatic carbocycles. The lowest BCUT2D eigenvalue weighted by atomic mass is 10.1. The lowest BCUT2D eigenvalue weighted by Crippen LogP contribution is -1.94. The van der Waals surface area contributed by atoms with Gasteiger partial charge in [0.2, 0.25) is 0 Å². The van der Waals surface area contributed by atoms with E-state index in [4.69, 9.17) is 0 Å². The van der Waals surface area contributed by atoms with E-state index in [9.17, 15) is 4.39 Å². The van der Waals surface area contributed by atoms with E-state index < -0.39 is 0 Å². The van der Waals surface area contributed by atoms with Crippen LogP contribution in [0.2, 0.25) is 0 Å². The van der Waals surface area contributed by atoms with Crippen molar-refractivity contribution < 1.29 is 4.39 Å². The minimum absolute atomic E-state index is 0.231. The van der Waals surface area contributed by atoms with Crippen molar-refractivity contribution in [3.8, 4) is 0 Å². The van der Waals surface area contributed by atoms with Crippen LogP contribution in [0.3, 0.4) is 0 Å². The molecule has 2 nitrogen and oxygen atoms in total. The van der Waals surface area contributed by atoms with Crippen LogP contribution in [0.15, 0.2) is 47.4 Å². The summed E-state index contributed by atoms with van der Waals surface area (Å²) >= 11 is 1.82. The van der Waals surface area contributed by atoms with Crippen LogP contribution in [0.5, 0.6) is 0 Å². The Morgan fingerprint density at radius 2 is 2.11 bits per heavy atom. The van der Waals surface area contributed by atoms with E-state index >= 15 is 0 Å². The molecule has 4 rings (SSSR count). The van der Waals surface area contributed by atoms with Crippen LogP contribution in [-0.2, 0) is 6.42 Å². The van der Waals surface area contributed by atoms with Crippen LogP contribution < -0.4 is 0 Å². The average molecular weight is 270 g/mol. The molecule has 1 N–H and O–H groups in total. The second kappa shape index (κ2) is 4.10. The normalized spacial score (nSPS) is 17.8. The van der Waals surface area contributed by atoms with Crippen molar-refractivity contribution in [2.24, 2.45) is 0 Å². The van der Waals surface area contributed by atoms with Gasteiger partial charge in [-0.25, -0.2) is 9.37 Å². The number of benzene rings is 2. The summed E-state index contributed by atoms with van der Waals surface area (Å²) in [6, 6.07) is 13.1. The number of nitrogens with one attached hydrogen (secondary N) is 1. The number of hydrogen-bond donors (Lipinski definition) is 1. The highest BCUT2D eigenvalue weighted by molar-refractivity contribution is 7.99. The number of aromatic nitrogens is 2. The zero-order valence-electron chi connectivity index (χ0n) is 10.1. The Kier molecular flexibility index (Phi) is 2.38. The van der Waals surface area contributed by atoms with Crippen LogP contribution in [0.25, 0.3) is 11.0 Å². The van der Waals surface area contributed by atoms with Crippen LogP contribution in [-0.4, -0.2) is 9.97 Å². The lowest BCUT2D eigenvalue weighted by Gasteiger charge is -2.02. The molecular formula is C15H11FN2S. The summed E-state index contributed by atoms with van der Waals surface area (Å²) in [6.07, 6.45) is 0.975. The van der Waals surface area contributed by atoms with Crippen LogP contribution >= 0.6 is 11.8 Å². The molecular weight excluding hydrogens is 259 g/mol. The number of imidazole rings is 1. The number of thioether (sulfide) groups is 1. The fourth-order valence-corrected chi connectivity index (χ4v) is 3.74. The van der Waals surface area contributed by atoms with Gasteiger partial charge < -0.3 is 4.98 Å². The fraction of sp³-hybridized carbons (Fsp3) is 0.133. The monoisotopic (exact) mass is 270 g/mol. The summed E-state index contributed by atoms with van der Waals surface area (Å²) in [5.74, 6) is 0.701. The van der Waals surface area contributed by atoms with E-state index in [1.165, 1.54) is 22.6 Å². The van der Waals surface area contributed by atoms with Crippen LogP contribution in [0.4, 0.5) is 4.39 Å². The first kappa shape index (κ1) is 11.1. The Hall–Kier alpha value is -1.81. The molecule has 0 spiro atoms. The third-order valence-corrected chi connectivity index (χ3v) is 4.74. The lowest BCUT2D eigenvalue weighted by molar-refractivity contribution is 0.629. The summed E-state index contributed by atoms with van der Waals surface area (Å²) in [5, 5.41) is 0.299. The molecule has 1 aromatic heterocycles. The van der Waals surface area contributed by atoms with Gasteiger partial charge in [0.05, 0.1) is 16.3 Å². The second-order valence-corrected chi connectivity index (χ2v) is 5.95. The van der Waals surface area contributed by atoms with Gasteiger partial charge in [-0.3, -0.25) is 0 Å². The summed E-state index contributed by atoms with van der Waals surface area (Å²) in [5.41, 5.74) is 2.96. The largest absolute Gasteiger partial charge is 0.341 e. The molecule has 0 saturated carbocycles. The van der Waals surface area contributed by atoms with Crippen LogP contribution in [0.1, 0.15) is 16.6 Å². The van der Waals surface area contributed by atoms with Crippen molar-refractivity contribution in [3.63, 3.8) is 0 Å². The molecule has 1 aliphatic heterocycles. The van der Waals surface area contributed by atoms with E-state index in [1.54, 1.807) is 6.07 Å². The SMILES string of the molecule is Fc1ccc2nc(C3Cc4ccccc4S3)[nH]c2c1. The summed E-state index contributed by atoms with van der Waals surface area (Å²) < 4.78 is 13.2. The zero-order chi connectivity index (χ0) is 12.8. The maximum absolute atomic E-state index is 13.2. The van der Waals surface area contributed by atoms with Gasteiger partial charge in [-0.05, 0) is 36.2 Å². The first-order chi connectivity index (χ1) is 9.29.